The number of carbonyl (C=O) groups excluding carboxylic acids is 1. The minimum absolute atomic E-state index is 0.0283. The SMILES string of the molecule is C[C@@H]1CN(C(=O)CCl)C[C@H]1CO. The lowest BCUT2D eigenvalue weighted by atomic mass is 10.00. The third kappa shape index (κ3) is 1.90. The predicted molar refractivity (Wildman–Crippen MR) is 47.0 cm³/mol. The van der Waals surface area contributed by atoms with Gasteiger partial charge in [-0.15, -0.1) is 11.6 Å². The highest BCUT2D eigenvalue weighted by Gasteiger charge is 2.31. The smallest absolute Gasteiger partial charge is 0.237 e. The second kappa shape index (κ2) is 4.10. The summed E-state index contributed by atoms with van der Waals surface area (Å²) in [5.74, 6) is 0.643. The summed E-state index contributed by atoms with van der Waals surface area (Å²) in [6, 6.07) is 0. The van der Waals surface area contributed by atoms with Gasteiger partial charge in [-0.25, -0.2) is 0 Å². The molecule has 1 rings (SSSR count). The summed E-state index contributed by atoms with van der Waals surface area (Å²) < 4.78 is 0. The fourth-order valence-corrected chi connectivity index (χ4v) is 1.73. The first kappa shape index (κ1) is 9.81. The van der Waals surface area contributed by atoms with Crippen molar-refractivity contribution in [1.29, 1.82) is 0 Å². The summed E-state index contributed by atoms with van der Waals surface area (Å²) >= 11 is 5.42. The van der Waals surface area contributed by atoms with Crippen LogP contribution >= 0.6 is 11.6 Å². The van der Waals surface area contributed by atoms with Crippen molar-refractivity contribution in [3.8, 4) is 0 Å². The second-order valence-electron chi connectivity index (χ2n) is 3.35. The molecule has 2 atom stereocenters. The van der Waals surface area contributed by atoms with E-state index in [4.69, 9.17) is 16.7 Å². The van der Waals surface area contributed by atoms with Gasteiger partial charge in [-0.1, -0.05) is 6.92 Å². The molecule has 1 heterocycles. The van der Waals surface area contributed by atoms with Gasteiger partial charge in [0.25, 0.3) is 0 Å². The van der Waals surface area contributed by atoms with Crippen molar-refractivity contribution >= 4 is 17.5 Å². The molecular weight excluding hydrogens is 178 g/mol. The number of rotatable bonds is 2. The van der Waals surface area contributed by atoms with Gasteiger partial charge in [0, 0.05) is 25.6 Å². The molecule has 4 heteroatoms. The summed E-state index contributed by atoms with van der Waals surface area (Å²) in [7, 11) is 0. The Labute approximate surface area is 77.3 Å². The van der Waals surface area contributed by atoms with Gasteiger partial charge in [-0.3, -0.25) is 4.79 Å². The van der Waals surface area contributed by atoms with Crippen LogP contribution in [-0.2, 0) is 4.79 Å². The standard InChI is InChI=1S/C8H14ClNO2/c1-6-3-10(8(12)2-9)4-7(6)5-11/h6-7,11H,2-5H2,1H3/t6-,7+/m1/s1. The minimum atomic E-state index is -0.0283. The van der Waals surface area contributed by atoms with Crippen LogP contribution in [0.3, 0.4) is 0 Å². The van der Waals surface area contributed by atoms with Crippen molar-refractivity contribution in [3.05, 3.63) is 0 Å². The molecule has 0 spiro atoms. The zero-order valence-corrected chi connectivity index (χ0v) is 7.92. The van der Waals surface area contributed by atoms with E-state index in [0.29, 0.717) is 12.5 Å². The van der Waals surface area contributed by atoms with E-state index >= 15 is 0 Å². The number of hydrogen-bond donors (Lipinski definition) is 1. The zero-order chi connectivity index (χ0) is 9.14. The van der Waals surface area contributed by atoms with E-state index in [2.05, 4.69) is 0 Å². The highest BCUT2D eigenvalue weighted by Crippen LogP contribution is 2.22. The third-order valence-corrected chi connectivity index (χ3v) is 2.70. The second-order valence-corrected chi connectivity index (χ2v) is 3.62. The van der Waals surface area contributed by atoms with Crippen LogP contribution in [0.15, 0.2) is 0 Å². The van der Waals surface area contributed by atoms with Crippen LogP contribution in [0.25, 0.3) is 0 Å². The topological polar surface area (TPSA) is 40.5 Å². The Kier molecular flexibility index (Phi) is 3.35. The highest BCUT2D eigenvalue weighted by atomic mass is 35.5. The molecule has 1 aliphatic rings. The number of hydrogen-bond acceptors (Lipinski definition) is 2. The van der Waals surface area contributed by atoms with Gasteiger partial charge < -0.3 is 10.0 Å². The van der Waals surface area contributed by atoms with Gasteiger partial charge in [-0.05, 0) is 5.92 Å². The maximum atomic E-state index is 11.1. The molecule has 0 aromatic carbocycles. The van der Waals surface area contributed by atoms with Gasteiger partial charge in [0.05, 0.1) is 0 Å². The van der Waals surface area contributed by atoms with Gasteiger partial charge in [0.2, 0.25) is 5.91 Å². The molecule has 0 aromatic rings. The minimum Gasteiger partial charge on any atom is -0.396 e. The molecule has 1 saturated heterocycles. The molecule has 0 bridgehead atoms. The van der Waals surface area contributed by atoms with Gasteiger partial charge in [0.15, 0.2) is 0 Å². The van der Waals surface area contributed by atoms with Crippen molar-refractivity contribution in [2.45, 2.75) is 6.92 Å². The van der Waals surface area contributed by atoms with Crippen molar-refractivity contribution in [2.75, 3.05) is 25.6 Å². The van der Waals surface area contributed by atoms with Crippen molar-refractivity contribution in [3.63, 3.8) is 0 Å². The number of nitrogens with zero attached hydrogens (tertiary/aromatic N) is 1. The molecule has 1 fully saturated rings. The van der Waals surface area contributed by atoms with Crippen LogP contribution in [0, 0.1) is 11.8 Å². The maximum absolute atomic E-state index is 11.1. The van der Waals surface area contributed by atoms with E-state index in [1.54, 1.807) is 4.90 Å². The molecule has 0 unspecified atom stereocenters. The lowest BCUT2D eigenvalue weighted by Crippen LogP contribution is -2.30. The summed E-state index contributed by atoms with van der Waals surface area (Å²) in [5.41, 5.74) is 0. The van der Waals surface area contributed by atoms with Crippen LogP contribution in [0.1, 0.15) is 6.92 Å². The van der Waals surface area contributed by atoms with E-state index in [1.165, 1.54) is 0 Å². The van der Waals surface area contributed by atoms with E-state index in [0.717, 1.165) is 6.54 Å². The van der Waals surface area contributed by atoms with Crippen LogP contribution in [0.2, 0.25) is 0 Å². The highest BCUT2D eigenvalue weighted by molar-refractivity contribution is 6.27. The summed E-state index contributed by atoms with van der Waals surface area (Å²) in [5, 5.41) is 8.94. The molecule has 0 aromatic heterocycles. The third-order valence-electron chi connectivity index (χ3n) is 2.47. The Bertz CT molecular complexity index is 174. The first-order chi connectivity index (χ1) is 5.69. The largest absolute Gasteiger partial charge is 0.396 e. The van der Waals surface area contributed by atoms with E-state index < -0.39 is 0 Å². The summed E-state index contributed by atoms with van der Waals surface area (Å²) in [4.78, 5) is 12.9. The van der Waals surface area contributed by atoms with Crippen molar-refractivity contribution < 1.29 is 9.90 Å². The zero-order valence-electron chi connectivity index (χ0n) is 7.16. The van der Waals surface area contributed by atoms with Gasteiger partial charge in [-0.2, -0.15) is 0 Å². The normalized spacial score (nSPS) is 29.4. The average Bonchev–Trinajstić information content (AvgIpc) is 2.45. The molecule has 1 aliphatic heterocycles. The summed E-state index contributed by atoms with van der Waals surface area (Å²) in [6.45, 7) is 3.59. The predicted octanol–water partition coefficient (Wildman–Crippen LogP) is 0.312. The molecule has 0 saturated carbocycles. The van der Waals surface area contributed by atoms with Gasteiger partial charge in [0.1, 0.15) is 5.88 Å². The van der Waals surface area contributed by atoms with E-state index in [-0.39, 0.29) is 24.3 Å². The molecule has 12 heavy (non-hydrogen) atoms. The first-order valence-electron chi connectivity index (χ1n) is 4.13. The lowest BCUT2D eigenvalue weighted by Gasteiger charge is -2.13. The summed E-state index contributed by atoms with van der Waals surface area (Å²) in [6.07, 6.45) is 0. The van der Waals surface area contributed by atoms with E-state index in [1.807, 2.05) is 6.92 Å². The number of alkyl halides is 1. The lowest BCUT2D eigenvalue weighted by molar-refractivity contribution is -0.127. The molecule has 0 radical (unpaired) electrons. The Balaban J connectivity index is 2.48. The van der Waals surface area contributed by atoms with Crippen LogP contribution in [0.5, 0.6) is 0 Å². The van der Waals surface area contributed by atoms with Gasteiger partial charge >= 0.3 is 0 Å². The quantitative estimate of drug-likeness (QED) is 0.639. The first-order valence-corrected chi connectivity index (χ1v) is 4.67. The average molecular weight is 192 g/mol. The number of halogens is 1. The Morgan fingerprint density at radius 1 is 1.67 bits per heavy atom. The molecule has 1 amide bonds. The Morgan fingerprint density at radius 2 is 2.33 bits per heavy atom. The Hall–Kier alpha value is -0.280. The van der Waals surface area contributed by atoms with E-state index in [9.17, 15) is 4.79 Å². The number of amides is 1. The molecule has 0 aliphatic carbocycles. The number of aliphatic hydroxyl groups excluding tert-OH is 1. The molecule has 3 nitrogen and oxygen atoms in total. The molecule has 1 N–H and O–H groups in total. The fraction of sp³-hybridized carbons (Fsp3) is 0.875. The van der Waals surface area contributed by atoms with Crippen molar-refractivity contribution in [1.82, 2.24) is 4.90 Å². The number of carbonyl (C=O) groups is 1. The van der Waals surface area contributed by atoms with Crippen LogP contribution < -0.4 is 0 Å². The molecular formula is C8H14ClNO2. The van der Waals surface area contributed by atoms with Crippen molar-refractivity contribution in [2.24, 2.45) is 11.8 Å². The number of likely N-dealkylation sites (tertiary alicyclic amines) is 1. The molecule has 70 valence electrons. The Morgan fingerprint density at radius 3 is 2.75 bits per heavy atom. The monoisotopic (exact) mass is 191 g/mol. The number of aliphatic hydroxyl groups is 1. The van der Waals surface area contributed by atoms with Crippen LogP contribution in [0.4, 0.5) is 0 Å². The fourth-order valence-electron chi connectivity index (χ4n) is 1.56. The van der Waals surface area contributed by atoms with Crippen LogP contribution in [-0.4, -0.2) is 41.5 Å². The maximum Gasteiger partial charge on any atom is 0.237 e.